The molecule has 2 aromatic carbocycles. The molecule has 0 unspecified atom stereocenters. The number of carbonyl (C=O) groups is 3. The van der Waals surface area contributed by atoms with Crippen molar-refractivity contribution in [1.29, 1.82) is 0 Å². The summed E-state index contributed by atoms with van der Waals surface area (Å²) < 4.78 is 44.3. The smallest absolute Gasteiger partial charge is 0.416 e. The van der Waals surface area contributed by atoms with Crippen molar-refractivity contribution in [2.45, 2.75) is 25.6 Å². The van der Waals surface area contributed by atoms with Crippen molar-refractivity contribution in [2.24, 2.45) is 0 Å². The first-order valence-electron chi connectivity index (χ1n) is 8.53. The summed E-state index contributed by atoms with van der Waals surface area (Å²) >= 11 is 0. The largest absolute Gasteiger partial charge is 0.467 e. The minimum Gasteiger partial charge on any atom is -0.467 e. The molecule has 6 nitrogen and oxygen atoms in total. The van der Waals surface area contributed by atoms with Crippen molar-refractivity contribution < 1.29 is 32.3 Å². The van der Waals surface area contributed by atoms with Gasteiger partial charge in [-0.25, -0.2) is 4.79 Å². The number of amides is 2. The Balaban J connectivity index is 2.26. The third-order valence-electron chi connectivity index (χ3n) is 3.98. The van der Waals surface area contributed by atoms with E-state index in [0.29, 0.717) is 5.69 Å². The van der Waals surface area contributed by atoms with Crippen LogP contribution in [-0.2, 0) is 26.9 Å². The zero-order valence-electron chi connectivity index (χ0n) is 15.7. The van der Waals surface area contributed by atoms with Gasteiger partial charge in [-0.15, -0.1) is 0 Å². The van der Waals surface area contributed by atoms with Crippen molar-refractivity contribution in [3.63, 3.8) is 0 Å². The fourth-order valence-corrected chi connectivity index (χ4v) is 2.71. The molecule has 0 spiro atoms. The van der Waals surface area contributed by atoms with E-state index in [-0.39, 0.29) is 17.0 Å². The summed E-state index contributed by atoms with van der Waals surface area (Å²) in [6, 6.07) is 9.38. The summed E-state index contributed by atoms with van der Waals surface area (Å²) in [5.41, 5.74) is -0.560. The van der Waals surface area contributed by atoms with Crippen LogP contribution in [0.5, 0.6) is 0 Å². The molecule has 0 aliphatic carbocycles. The number of ether oxygens (including phenoxy) is 1. The first kappa shape index (κ1) is 21.9. The van der Waals surface area contributed by atoms with Crippen molar-refractivity contribution in [3.8, 4) is 0 Å². The minimum atomic E-state index is -4.60. The lowest BCUT2D eigenvalue weighted by Gasteiger charge is -2.19. The van der Waals surface area contributed by atoms with Crippen LogP contribution in [0.4, 0.5) is 18.9 Å². The van der Waals surface area contributed by atoms with Crippen molar-refractivity contribution in [2.75, 3.05) is 12.4 Å². The second kappa shape index (κ2) is 9.22. The minimum absolute atomic E-state index is 0.120. The molecular formula is C20H19F3N2O4. The molecule has 2 rings (SSSR count). The predicted octanol–water partition coefficient (Wildman–Crippen LogP) is 3.18. The van der Waals surface area contributed by atoms with Gasteiger partial charge in [0.1, 0.15) is 6.04 Å². The standard InChI is InChI=1S/C20H19F3N2O4/c1-12(26)24-15-8-5-7-14(10-15)18(27)25-17(19(28)29-2)11-13-6-3-4-9-16(13)20(21,22)23/h3-10,17H,11H2,1-2H3,(H,24,26)(H,25,27)/t17-/m1/s1. The van der Waals surface area contributed by atoms with Gasteiger partial charge in [0.2, 0.25) is 5.91 Å². The molecule has 0 aromatic heterocycles. The van der Waals surface area contributed by atoms with Gasteiger partial charge in [0.15, 0.2) is 0 Å². The zero-order valence-corrected chi connectivity index (χ0v) is 15.7. The lowest BCUT2D eigenvalue weighted by atomic mass is 9.99. The van der Waals surface area contributed by atoms with E-state index in [9.17, 15) is 27.6 Å². The van der Waals surface area contributed by atoms with E-state index < -0.39 is 36.1 Å². The van der Waals surface area contributed by atoms with Crippen LogP contribution in [-0.4, -0.2) is 30.9 Å². The molecule has 9 heteroatoms. The molecule has 0 heterocycles. The number of esters is 1. The van der Waals surface area contributed by atoms with Gasteiger partial charge in [-0.1, -0.05) is 24.3 Å². The normalized spacial score (nSPS) is 12.0. The van der Waals surface area contributed by atoms with E-state index >= 15 is 0 Å². The van der Waals surface area contributed by atoms with Crippen LogP contribution < -0.4 is 10.6 Å². The van der Waals surface area contributed by atoms with Crippen LogP contribution in [0.15, 0.2) is 48.5 Å². The molecule has 154 valence electrons. The van der Waals surface area contributed by atoms with Crippen LogP contribution in [0.25, 0.3) is 0 Å². The van der Waals surface area contributed by atoms with Crippen LogP contribution in [0.1, 0.15) is 28.4 Å². The molecule has 0 radical (unpaired) electrons. The molecule has 29 heavy (non-hydrogen) atoms. The van der Waals surface area contributed by atoms with Crippen molar-refractivity contribution >= 4 is 23.5 Å². The number of alkyl halides is 3. The fraction of sp³-hybridized carbons (Fsp3) is 0.250. The third-order valence-corrected chi connectivity index (χ3v) is 3.98. The fourth-order valence-electron chi connectivity index (χ4n) is 2.71. The van der Waals surface area contributed by atoms with Crippen LogP contribution in [0.2, 0.25) is 0 Å². The number of hydrogen-bond donors (Lipinski definition) is 2. The highest BCUT2D eigenvalue weighted by Gasteiger charge is 2.34. The Morgan fingerprint density at radius 3 is 2.38 bits per heavy atom. The van der Waals surface area contributed by atoms with Crippen molar-refractivity contribution in [1.82, 2.24) is 5.32 Å². The van der Waals surface area contributed by atoms with Crippen LogP contribution in [0, 0.1) is 0 Å². The second-order valence-corrected chi connectivity index (χ2v) is 6.17. The maximum Gasteiger partial charge on any atom is 0.416 e. The number of anilines is 1. The first-order chi connectivity index (χ1) is 13.6. The monoisotopic (exact) mass is 408 g/mol. The molecule has 2 amide bonds. The number of carbonyl (C=O) groups excluding carboxylic acids is 3. The van der Waals surface area contributed by atoms with E-state index in [4.69, 9.17) is 0 Å². The molecule has 2 aromatic rings. The molecule has 0 aliphatic heterocycles. The highest BCUT2D eigenvalue weighted by Crippen LogP contribution is 2.32. The maximum atomic E-state index is 13.2. The lowest BCUT2D eigenvalue weighted by molar-refractivity contribution is -0.144. The van der Waals surface area contributed by atoms with Gasteiger partial charge < -0.3 is 15.4 Å². The topological polar surface area (TPSA) is 84.5 Å². The molecule has 2 N–H and O–H groups in total. The Bertz CT molecular complexity index is 913. The van der Waals surface area contributed by atoms with Gasteiger partial charge in [0.05, 0.1) is 12.7 Å². The average Bonchev–Trinajstić information content (AvgIpc) is 2.66. The number of benzene rings is 2. The van der Waals surface area contributed by atoms with Gasteiger partial charge in [0, 0.05) is 24.6 Å². The van der Waals surface area contributed by atoms with E-state index in [2.05, 4.69) is 15.4 Å². The predicted molar refractivity (Wildman–Crippen MR) is 99.2 cm³/mol. The number of halogens is 3. The van der Waals surface area contributed by atoms with Crippen LogP contribution in [0.3, 0.4) is 0 Å². The summed E-state index contributed by atoms with van der Waals surface area (Å²) in [5.74, 6) is -1.91. The van der Waals surface area contributed by atoms with Crippen molar-refractivity contribution in [3.05, 3.63) is 65.2 Å². The Kier molecular flexibility index (Phi) is 6.98. The van der Waals surface area contributed by atoms with Gasteiger partial charge in [-0.3, -0.25) is 9.59 Å². The lowest BCUT2D eigenvalue weighted by Crippen LogP contribution is -2.43. The number of methoxy groups -OCH3 is 1. The molecule has 1 atom stereocenters. The van der Waals surface area contributed by atoms with Gasteiger partial charge in [-0.2, -0.15) is 13.2 Å². The van der Waals surface area contributed by atoms with E-state index in [1.165, 1.54) is 43.3 Å². The number of rotatable bonds is 6. The summed E-state index contributed by atoms with van der Waals surface area (Å²) in [4.78, 5) is 35.8. The zero-order chi connectivity index (χ0) is 21.6. The Morgan fingerprint density at radius 1 is 1.07 bits per heavy atom. The molecule has 0 saturated heterocycles. The molecule has 0 saturated carbocycles. The summed E-state index contributed by atoms with van der Waals surface area (Å²) in [6.45, 7) is 1.30. The summed E-state index contributed by atoms with van der Waals surface area (Å²) in [5, 5.41) is 4.91. The van der Waals surface area contributed by atoms with Gasteiger partial charge >= 0.3 is 12.1 Å². The first-order valence-corrected chi connectivity index (χ1v) is 8.53. The molecule has 0 aliphatic rings. The van der Waals surface area contributed by atoms with Gasteiger partial charge in [-0.05, 0) is 29.8 Å². The summed E-state index contributed by atoms with van der Waals surface area (Å²) in [6.07, 6.45) is -5.01. The highest BCUT2D eigenvalue weighted by atomic mass is 19.4. The Hall–Kier alpha value is -3.36. The quantitative estimate of drug-likeness (QED) is 0.719. The SMILES string of the molecule is COC(=O)[C@@H](Cc1ccccc1C(F)(F)F)NC(=O)c1cccc(NC(C)=O)c1. The summed E-state index contributed by atoms with van der Waals surface area (Å²) in [7, 11) is 1.08. The molecule has 0 fully saturated rings. The highest BCUT2D eigenvalue weighted by molar-refractivity contribution is 5.98. The third kappa shape index (κ3) is 6.06. The maximum absolute atomic E-state index is 13.2. The second-order valence-electron chi connectivity index (χ2n) is 6.17. The molecular weight excluding hydrogens is 389 g/mol. The molecule has 0 bridgehead atoms. The van der Waals surface area contributed by atoms with Crippen LogP contribution >= 0.6 is 0 Å². The average molecular weight is 408 g/mol. The van der Waals surface area contributed by atoms with E-state index in [1.807, 2.05) is 0 Å². The Morgan fingerprint density at radius 2 is 1.76 bits per heavy atom. The van der Waals surface area contributed by atoms with E-state index in [0.717, 1.165) is 13.2 Å². The van der Waals surface area contributed by atoms with Gasteiger partial charge in [0.25, 0.3) is 5.91 Å². The number of hydrogen-bond acceptors (Lipinski definition) is 4. The number of nitrogens with one attached hydrogen (secondary N) is 2. The van der Waals surface area contributed by atoms with E-state index in [1.54, 1.807) is 6.07 Å². The Labute approximate surface area is 165 Å².